The van der Waals surface area contributed by atoms with Crippen LogP contribution in [0.5, 0.6) is 0 Å². The number of aromatic nitrogens is 2. The lowest BCUT2D eigenvalue weighted by molar-refractivity contribution is 0.0429. The van der Waals surface area contributed by atoms with Crippen LogP contribution in [0.25, 0.3) is 5.57 Å². The first-order chi connectivity index (χ1) is 11.2. The van der Waals surface area contributed by atoms with Gasteiger partial charge in [0, 0.05) is 0 Å². The molecule has 0 aliphatic heterocycles. The van der Waals surface area contributed by atoms with Crippen molar-refractivity contribution in [3.8, 4) is 0 Å². The predicted molar refractivity (Wildman–Crippen MR) is 96.7 cm³/mol. The Morgan fingerprint density at radius 2 is 1.52 bits per heavy atom. The number of rotatable bonds is 2. The number of carbonyl (C=O) groups is 2. The number of carbonyl (C=O) groups excluding carboxylic acids is 2. The maximum Gasteiger partial charge on any atom is 0.425 e. The largest absolute Gasteiger partial charge is 0.443 e. The summed E-state index contributed by atoms with van der Waals surface area (Å²) in [6, 6.07) is 0. The zero-order valence-electron chi connectivity index (χ0n) is 15.6. The van der Waals surface area contributed by atoms with Crippen molar-refractivity contribution in [1.82, 2.24) is 9.97 Å². The summed E-state index contributed by atoms with van der Waals surface area (Å²) < 4.78 is 10.6. The van der Waals surface area contributed by atoms with E-state index in [4.69, 9.17) is 21.1 Å². The van der Waals surface area contributed by atoms with Gasteiger partial charge in [-0.25, -0.2) is 19.6 Å². The van der Waals surface area contributed by atoms with Crippen LogP contribution in [0.3, 0.4) is 0 Å². The Morgan fingerprint density at radius 3 is 1.88 bits per heavy atom. The topological polar surface area (TPSA) is 81.6 Å². The third kappa shape index (κ3) is 6.34. The molecule has 0 saturated carbocycles. The molecule has 7 nitrogen and oxygen atoms in total. The number of halogens is 1. The fourth-order valence-electron chi connectivity index (χ4n) is 1.58. The lowest BCUT2D eigenvalue weighted by atomic mass is 10.2. The molecule has 0 fully saturated rings. The number of allylic oxidation sites excluding steroid dienone is 1. The van der Waals surface area contributed by atoms with Crippen molar-refractivity contribution in [2.75, 3.05) is 4.90 Å². The molecule has 25 heavy (non-hydrogen) atoms. The second-order valence-electron chi connectivity index (χ2n) is 7.45. The Balaban J connectivity index is 3.41. The molecule has 1 aromatic rings. The van der Waals surface area contributed by atoms with E-state index in [-0.39, 0.29) is 11.0 Å². The van der Waals surface area contributed by atoms with Crippen LogP contribution in [0.1, 0.15) is 54.2 Å². The molecule has 0 aromatic carbocycles. The normalized spacial score (nSPS) is 11.7. The van der Waals surface area contributed by atoms with Crippen molar-refractivity contribution >= 4 is 35.2 Å². The average Bonchev–Trinajstić information content (AvgIpc) is 2.36. The first kappa shape index (κ1) is 20.9. The molecule has 2 amide bonds. The first-order valence-corrected chi connectivity index (χ1v) is 8.03. The van der Waals surface area contributed by atoms with Crippen LogP contribution in [-0.4, -0.2) is 33.4 Å². The number of imide groups is 1. The maximum atomic E-state index is 12.6. The van der Waals surface area contributed by atoms with E-state index in [2.05, 4.69) is 16.5 Å². The smallest absolute Gasteiger partial charge is 0.425 e. The highest BCUT2D eigenvalue weighted by Gasteiger charge is 2.35. The van der Waals surface area contributed by atoms with Gasteiger partial charge in [0.25, 0.3) is 0 Å². The number of hydrogen-bond donors (Lipinski definition) is 0. The van der Waals surface area contributed by atoms with Crippen LogP contribution in [0.15, 0.2) is 12.8 Å². The van der Waals surface area contributed by atoms with Gasteiger partial charge in [-0.15, -0.1) is 0 Å². The van der Waals surface area contributed by atoms with Crippen LogP contribution >= 0.6 is 11.6 Å². The molecular weight excluding hydrogens is 346 g/mol. The minimum absolute atomic E-state index is 0.137. The molecule has 0 N–H and O–H groups in total. The maximum absolute atomic E-state index is 12.6. The summed E-state index contributed by atoms with van der Waals surface area (Å²) in [5.41, 5.74) is -0.679. The van der Waals surface area contributed by atoms with E-state index in [0.717, 1.165) is 0 Å². The summed E-state index contributed by atoms with van der Waals surface area (Å²) in [6.45, 7) is 15.5. The summed E-state index contributed by atoms with van der Waals surface area (Å²) in [7, 11) is 0. The molecule has 0 aliphatic rings. The molecule has 8 heteroatoms. The molecule has 0 radical (unpaired) electrons. The third-order valence-corrected chi connectivity index (χ3v) is 2.78. The molecule has 0 spiro atoms. The van der Waals surface area contributed by atoms with Gasteiger partial charge in [0.1, 0.15) is 11.2 Å². The number of nitrogens with zero attached hydrogens (tertiary/aromatic N) is 3. The summed E-state index contributed by atoms with van der Waals surface area (Å²) in [5, 5.41) is -0.137. The molecular formula is C17H24ClN3O4. The van der Waals surface area contributed by atoms with Gasteiger partial charge < -0.3 is 9.47 Å². The second-order valence-corrected chi connectivity index (χ2v) is 7.80. The van der Waals surface area contributed by atoms with Crippen LogP contribution in [-0.2, 0) is 9.47 Å². The predicted octanol–water partition coefficient (Wildman–Crippen LogP) is 4.84. The van der Waals surface area contributed by atoms with Gasteiger partial charge in [0.2, 0.25) is 0 Å². The highest BCUT2D eigenvalue weighted by molar-refractivity contribution is 6.33. The average molecular weight is 370 g/mol. The van der Waals surface area contributed by atoms with Crippen LogP contribution < -0.4 is 4.90 Å². The third-order valence-electron chi connectivity index (χ3n) is 2.51. The fourth-order valence-corrected chi connectivity index (χ4v) is 1.75. The number of amides is 2. The SMILES string of the molecule is C=C(C)c1cnc(Cl)c(N(C(=O)OC(C)(C)C)C(=O)OC(C)(C)C)n1. The van der Waals surface area contributed by atoms with Crippen molar-refractivity contribution in [2.24, 2.45) is 0 Å². The Bertz CT molecular complexity index is 662. The summed E-state index contributed by atoms with van der Waals surface area (Å²) >= 11 is 6.07. The zero-order valence-corrected chi connectivity index (χ0v) is 16.4. The molecule has 0 aliphatic carbocycles. The van der Waals surface area contributed by atoms with Gasteiger partial charge in [0.15, 0.2) is 11.0 Å². The summed E-state index contributed by atoms with van der Waals surface area (Å²) in [6.07, 6.45) is -0.523. The van der Waals surface area contributed by atoms with E-state index in [1.165, 1.54) is 6.20 Å². The molecule has 0 saturated heterocycles. The summed E-state index contributed by atoms with van der Waals surface area (Å²) in [4.78, 5) is 34.0. The van der Waals surface area contributed by atoms with Crippen molar-refractivity contribution in [1.29, 1.82) is 0 Å². The van der Waals surface area contributed by atoms with Crippen molar-refractivity contribution in [2.45, 2.75) is 59.7 Å². The van der Waals surface area contributed by atoms with E-state index >= 15 is 0 Å². The highest BCUT2D eigenvalue weighted by Crippen LogP contribution is 2.27. The number of anilines is 1. The Hall–Kier alpha value is -2.15. The minimum Gasteiger partial charge on any atom is -0.443 e. The van der Waals surface area contributed by atoms with E-state index < -0.39 is 23.4 Å². The van der Waals surface area contributed by atoms with Crippen LogP contribution in [0.2, 0.25) is 5.15 Å². The Kier molecular flexibility index (Phi) is 6.18. The minimum atomic E-state index is -0.961. The monoisotopic (exact) mass is 369 g/mol. The van der Waals surface area contributed by atoms with E-state index in [1.807, 2.05) is 0 Å². The molecule has 0 bridgehead atoms. The van der Waals surface area contributed by atoms with E-state index in [1.54, 1.807) is 48.5 Å². The second kappa shape index (κ2) is 7.39. The molecule has 1 rings (SSSR count). The lowest BCUT2D eigenvalue weighted by Gasteiger charge is -2.28. The van der Waals surface area contributed by atoms with Crippen molar-refractivity contribution in [3.05, 3.63) is 23.6 Å². The van der Waals surface area contributed by atoms with Crippen LogP contribution in [0, 0.1) is 0 Å². The first-order valence-electron chi connectivity index (χ1n) is 7.66. The van der Waals surface area contributed by atoms with Gasteiger partial charge in [0.05, 0.1) is 11.9 Å². The number of hydrogen-bond acceptors (Lipinski definition) is 6. The van der Waals surface area contributed by atoms with Crippen LogP contribution in [0.4, 0.5) is 15.4 Å². The number of ether oxygens (including phenoxy) is 2. The quantitative estimate of drug-likeness (QED) is 0.741. The fraction of sp³-hybridized carbons (Fsp3) is 0.529. The van der Waals surface area contributed by atoms with Gasteiger partial charge in [-0.3, -0.25) is 0 Å². The molecule has 1 heterocycles. The van der Waals surface area contributed by atoms with E-state index in [9.17, 15) is 9.59 Å². The zero-order chi connectivity index (χ0) is 19.6. The van der Waals surface area contributed by atoms with Gasteiger partial charge in [-0.05, 0) is 54.0 Å². The molecule has 0 unspecified atom stereocenters. The van der Waals surface area contributed by atoms with Gasteiger partial charge >= 0.3 is 12.2 Å². The summed E-state index contributed by atoms with van der Waals surface area (Å²) in [5.74, 6) is -0.175. The highest BCUT2D eigenvalue weighted by atomic mass is 35.5. The molecule has 1 aromatic heterocycles. The molecule has 0 atom stereocenters. The van der Waals surface area contributed by atoms with Gasteiger partial charge in [-0.1, -0.05) is 18.2 Å². The molecule has 138 valence electrons. The van der Waals surface area contributed by atoms with Crippen molar-refractivity contribution in [3.63, 3.8) is 0 Å². The van der Waals surface area contributed by atoms with Crippen molar-refractivity contribution < 1.29 is 19.1 Å². The van der Waals surface area contributed by atoms with E-state index in [0.29, 0.717) is 16.2 Å². The Labute approximate surface area is 153 Å². The Morgan fingerprint density at radius 1 is 1.08 bits per heavy atom. The standard InChI is InChI=1S/C17H24ClN3O4/c1-10(2)11-9-19-12(18)13(20-11)21(14(22)24-16(3,4)5)15(23)25-17(6,7)8/h9H,1H2,2-8H3. The van der Waals surface area contributed by atoms with Gasteiger partial charge in [-0.2, -0.15) is 4.90 Å². The lowest BCUT2D eigenvalue weighted by Crippen LogP contribution is -2.44.